The minimum absolute atomic E-state index is 0.185. The average molecular weight is 294 g/mol. The van der Waals surface area contributed by atoms with Crippen molar-refractivity contribution >= 4 is 28.1 Å². The van der Waals surface area contributed by atoms with Crippen molar-refractivity contribution in [2.24, 2.45) is 0 Å². The zero-order valence-corrected chi connectivity index (χ0v) is 11.8. The number of nitrogen functional groups attached to an aromatic ring is 1. The molecule has 0 atom stereocenters. The van der Waals surface area contributed by atoms with Gasteiger partial charge in [0.15, 0.2) is 0 Å². The number of benzene rings is 3. The molecule has 0 aromatic heterocycles. The molecule has 0 saturated carbocycles. The van der Waals surface area contributed by atoms with Crippen molar-refractivity contribution in [1.82, 2.24) is 0 Å². The minimum Gasteiger partial charge on any atom is -0.397 e. The van der Waals surface area contributed by atoms with Crippen LogP contribution in [0.1, 0.15) is 5.56 Å². The number of hydrogen-bond acceptors (Lipinski definition) is 2. The third kappa shape index (κ3) is 2.91. The molecule has 3 rings (SSSR count). The molecule has 0 heterocycles. The van der Waals surface area contributed by atoms with Gasteiger partial charge in [0.2, 0.25) is 5.91 Å². The lowest BCUT2D eigenvalue weighted by atomic mass is 10.0. The van der Waals surface area contributed by atoms with E-state index in [1.807, 2.05) is 42.5 Å². The highest BCUT2D eigenvalue weighted by Crippen LogP contribution is 2.21. The van der Waals surface area contributed by atoms with Crippen LogP contribution in [0.4, 0.5) is 15.8 Å². The van der Waals surface area contributed by atoms with E-state index in [2.05, 4.69) is 5.32 Å². The number of nitrogens with two attached hydrogens (primary N) is 1. The summed E-state index contributed by atoms with van der Waals surface area (Å²) in [4.78, 5) is 12.2. The maximum atomic E-state index is 13.0. The molecule has 3 aromatic carbocycles. The highest BCUT2D eigenvalue weighted by atomic mass is 19.1. The molecule has 0 radical (unpaired) electrons. The number of hydrogen-bond donors (Lipinski definition) is 2. The summed E-state index contributed by atoms with van der Waals surface area (Å²) in [6, 6.07) is 17.7. The van der Waals surface area contributed by atoms with Crippen LogP contribution in [-0.4, -0.2) is 5.91 Å². The van der Waals surface area contributed by atoms with E-state index < -0.39 is 5.82 Å². The van der Waals surface area contributed by atoms with Gasteiger partial charge in [-0.15, -0.1) is 0 Å². The summed E-state index contributed by atoms with van der Waals surface area (Å²) >= 11 is 0. The SMILES string of the molecule is Nc1cc(F)ccc1NC(=O)Cc1cccc2ccccc12. The van der Waals surface area contributed by atoms with Gasteiger partial charge >= 0.3 is 0 Å². The minimum atomic E-state index is -0.426. The summed E-state index contributed by atoms with van der Waals surface area (Å²) in [5.41, 5.74) is 7.28. The first-order valence-electron chi connectivity index (χ1n) is 6.95. The van der Waals surface area contributed by atoms with Gasteiger partial charge in [-0.25, -0.2) is 4.39 Å². The Kier molecular flexibility index (Phi) is 3.74. The van der Waals surface area contributed by atoms with E-state index in [-0.39, 0.29) is 18.0 Å². The van der Waals surface area contributed by atoms with Crippen molar-refractivity contribution in [2.45, 2.75) is 6.42 Å². The first-order valence-corrected chi connectivity index (χ1v) is 6.95. The van der Waals surface area contributed by atoms with Crippen LogP contribution in [-0.2, 0) is 11.2 Å². The van der Waals surface area contributed by atoms with Crippen LogP contribution < -0.4 is 11.1 Å². The van der Waals surface area contributed by atoms with Crippen LogP contribution in [0.5, 0.6) is 0 Å². The first-order chi connectivity index (χ1) is 10.6. The van der Waals surface area contributed by atoms with Gasteiger partial charge in [-0.3, -0.25) is 4.79 Å². The lowest BCUT2D eigenvalue weighted by molar-refractivity contribution is -0.115. The predicted molar refractivity (Wildman–Crippen MR) is 87.1 cm³/mol. The number of halogens is 1. The molecule has 4 heteroatoms. The second-order valence-corrected chi connectivity index (χ2v) is 5.09. The molecule has 110 valence electrons. The van der Waals surface area contributed by atoms with Gasteiger partial charge in [-0.1, -0.05) is 42.5 Å². The van der Waals surface area contributed by atoms with Crippen LogP contribution in [0.15, 0.2) is 60.7 Å². The first kappa shape index (κ1) is 14.1. The van der Waals surface area contributed by atoms with E-state index in [0.717, 1.165) is 16.3 Å². The van der Waals surface area contributed by atoms with Crippen LogP contribution in [0.3, 0.4) is 0 Å². The Hall–Kier alpha value is -2.88. The number of rotatable bonds is 3. The smallest absolute Gasteiger partial charge is 0.228 e. The maximum absolute atomic E-state index is 13.0. The summed E-state index contributed by atoms with van der Waals surface area (Å²) in [6.07, 6.45) is 0.234. The van der Waals surface area contributed by atoms with Gasteiger partial charge in [-0.2, -0.15) is 0 Å². The van der Waals surface area contributed by atoms with Gasteiger partial charge in [-0.05, 0) is 34.5 Å². The quantitative estimate of drug-likeness (QED) is 0.723. The molecule has 0 aliphatic heterocycles. The molecule has 0 fully saturated rings. The Morgan fingerprint density at radius 3 is 2.64 bits per heavy atom. The Balaban J connectivity index is 1.81. The van der Waals surface area contributed by atoms with Crippen molar-refractivity contribution in [3.05, 3.63) is 72.0 Å². The maximum Gasteiger partial charge on any atom is 0.228 e. The van der Waals surface area contributed by atoms with Gasteiger partial charge in [0.05, 0.1) is 17.8 Å². The van der Waals surface area contributed by atoms with E-state index >= 15 is 0 Å². The second-order valence-electron chi connectivity index (χ2n) is 5.09. The van der Waals surface area contributed by atoms with E-state index in [1.165, 1.54) is 18.2 Å². The molecule has 3 N–H and O–H groups in total. The number of anilines is 2. The predicted octanol–water partition coefficient (Wildman–Crippen LogP) is 3.74. The van der Waals surface area contributed by atoms with Crippen molar-refractivity contribution in [1.29, 1.82) is 0 Å². The van der Waals surface area contributed by atoms with E-state index in [1.54, 1.807) is 0 Å². The van der Waals surface area contributed by atoms with Crippen molar-refractivity contribution in [3.8, 4) is 0 Å². The zero-order chi connectivity index (χ0) is 15.5. The summed E-state index contributed by atoms with van der Waals surface area (Å²) < 4.78 is 13.0. The standard InChI is InChI=1S/C18H15FN2O/c19-14-8-9-17(16(20)11-14)21-18(22)10-13-6-3-5-12-4-1-2-7-15(12)13/h1-9,11H,10,20H2,(H,21,22). The van der Waals surface area contributed by atoms with E-state index in [0.29, 0.717) is 5.69 Å². The van der Waals surface area contributed by atoms with E-state index in [4.69, 9.17) is 5.73 Å². The molecule has 0 bridgehead atoms. The zero-order valence-electron chi connectivity index (χ0n) is 11.8. The van der Waals surface area contributed by atoms with Crippen LogP contribution in [0.2, 0.25) is 0 Å². The molecule has 1 amide bonds. The molecule has 0 aliphatic rings. The van der Waals surface area contributed by atoms with E-state index in [9.17, 15) is 9.18 Å². The molecular weight excluding hydrogens is 279 g/mol. The highest BCUT2D eigenvalue weighted by Gasteiger charge is 2.09. The summed E-state index contributed by atoms with van der Waals surface area (Å²) in [5.74, 6) is -0.612. The molecule has 3 nitrogen and oxygen atoms in total. The Bertz CT molecular complexity index is 840. The topological polar surface area (TPSA) is 55.1 Å². The third-order valence-corrected chi connectivity index (χ3v) is 3.52. The lowest BCUT2D eigenvalue weighted by Gasteiger charge is -2.10. The number of carbonyl (C=O) groups excluding carboxylic acids is 1. The van der Waals surface area contributed by atoms with Gasteiger partial charge in [0.25, 0.3) is 0 Å². The van der Waals surface area contributed by atoms with Crippen LogP contribution >= 0.6 is 0 Å². The van der Waals surface area contributed by atoms with Gasteiger partial charge < -0.3 is 11.1 Å². The molecule has 3 aromatic rings. The Morgan fingerprint density at radius 2 is 1.82 bits per heavy atom. The third-order valence-electron chi connectivity index (χ3n) is 3.52. The molecular formula is C18H15FN2O. The van der Waals surface area contributed by atoms with Crippen molar-refractivity contribution in [2.75, 3.05) is 11.1 Å². The molecule has 0 saturated heterocycles. The molecule has 0 spiro atoms. The largest absolute Gasteiger partial charge is 0.397 e. The fourth-order valence-corrected chi connectivity index (χ4v) is 2.46. The number of fused-ring (bicyclic) bond motifs is 1. The summed E-state index contributed by atoms with van der Waals surface area (Å²) in [7, 11) is 0. The van der Waals surface area contributed by atoms with Crippen molar-refractivity contribution < 1.29 is 9.18 Å². The fraction of sp³-hybridized carbons (Fsp3) is 0.0556. The fourth-order valence-electron chi connectivity index (χ4n) is 2.46. The monoisotopic (exact) mass is 294 g/mol. The Labute approximate surface area is 127 Å². The van der Waals surface area contributed by atoms with Crippen LogP contribution in [0, 0.1) is 5.82 Å². The number of nitrogens with one attached hydrogen (secondary N) is 1. The average Bonchev–Trinajstić information content (AvgIpc) is 2.50. The van der Waals surface area contributed by atoms with Crippen molar-refractivity contribution in [3.63, 3.8) is 0 Å². The summed E-state index contributed by atoms with van der Waals surface area (Å²) in [5, 5.41) is 4.86. The second kappa shape index (κ2) is 5.85. The van der Waals surface area contributed by atoms with Gasteiger partial charge in [0.1, 0.15) is 5.82 Å². The molecule has 0 aliphatic carbocycles. The molecule has 0 unspecified atom stereocenters. The lowest BCUT2D eigenvalue weighted by Crippen LogP contribution is -2.15. The highest BCUT2D eigenvalue weighted by molar-refractivity contribution is 5.97. The number of carbonyl (C=O) groups is 1. The van der Waals surface area contributed by atoms with Crippen LogP contribution in [0.25, 0.3) is 10.8 Å². The molecule has 22 heavy (non-hydrogen) atoms. The number of amides is 1. The Morgan fingerprint density at radius 1 is 1.05 bits per heavy atom. The normalized spacial score (nSPS) is 10.6. The summed E-state index contributed by atoms with van der Waals surface area (Å²) in [6.45, 7) is 0. The van der Waals surface area contributed by atoms with Gasteiger partial charge in [0, 0.05) is 0 Å².